The van der Waals surface area contributed by atoms with Crippen LogP contribution < -0.4 is 20.8 Å². The lowest BCUT2D eigenvalue weighted by Crippen LogP contribution is -2.36. The molecule has 1 atom stereocenters. The Kier molecular flexibility index (Phi) is 6.19. The number of fused-ring (bicyclic) bond motifs is 1. The van der Waals surface area contributed by atoms with Crippen LogP contribution in [-0.4, -0.2) is 20.4 Å². The van der Waals surface area contributed by atoms with Crippen LogP contribution in [0.15, 0.2) is 50.5 Å². The maximum absolute atomic E-state index is 12.4. The summed E-state index contributed by atoms with van der Waals surface area (Å²) in [7, 11) is -3.76. The summed E-state index contributed by atoms with van der Waals surface area (Å²) >= 11 is 0. The molecular formula is C22H24N2O6S. The van der Waals surface area contributed by atoms with Gasteiger partial charge in [-0.3, -0.25) is 4.79 Å². The minimum atomic E-state index is -3.76. The fraction of sp³-hybridized carbons (Fsp3) is 0.273. The Labute approximate surface area is 180 Å². The maximum Gasteiger partial charge on any atom is 0.339 e. The van der Waals surface area contributed by atoms with E-state index in [0.717, 1.165) is 10.9 Å². The van der Waals surface area contributed by atoms with Gasteiger partial charge in [0.15, 0.2) is 6.10 Å². The molecule has 1 heterocycles. The van der Waals surface area contributed by atoms with Gasteiger partial charge in [0.05, 0.1) is 4.90 Å². The van der Waals surface area contributed by atoms with Crippen molar-refractivity contribution in [3.63, 3.8) is 0 Å². The number of sulfonamides is 1. The fourth-order valence-corrected chi connectivity index (χ4v) is 3.64. The molecule has 0 unspecified atom stereocenters. The Bertz CT molecular complexity index is 1310. The second kappa shape index (κ2) is 8.52. The van der Waals surface area contributed by atoms with Crippen LogP contribution in [0, 0.1) is 20.8 Å². The van der Waals surface area contributed by atoms with E-state index >= 15 is 0 Å². The molecule has 0 saturated carbocycles. The quantitative estimate of drug-likeness (QED) is 0.562. The summed E-state index contributed by atoms with van der Waals surface area (Å²) in [6.07, 6.45) is -0.807. The summed E-state index contributed by atoms with van der Waals surface area (Å²) in [6.45, 7) is 7.16. The monoisotopic (exact) mass is 444 g/mol. The van der Waals surface area contributed by atoms with Crippen molar-refractivity contribution in [1.82, 2.24) is 5.32 Å². The van der Waals surface area contributed by atoms with Crippen LogP contribution in [0.1, 0.15) is 29.2 Å². The first kappa shape index (κ1) is 22.5. The minimum Gasteiger partial charge on any atom is -0.480 e. The van der Waals surface area contributed by atoms with Crippen LogP contribution in [-0.2, 0) is 21.4 Å². The van der Waals surface area contributed by atoms with Crippen molar-refractivity contribution in [2.75, 3.05) is 0 Å². The lowest BCUT2D eigenvalue weighted by atomic mass is 10.0. The SMILES string of the molecule is Cc1c(C)c2ccc(O[C@H](C)C(=O)NCc3ccc(S(N)(=O)=O)cc3)c(C)c2oc1=O. The summed E-state index contributed by atoms with van der Waals surface area (Å²) in [4.78, 5) is 24.5. The molecule has 1 amide bonds. The van der Waals surface area contributed by atoms with Gasteiger partial charge in [0.25, 0.3) is 5.91 Å². The number of nitrogens with one attached hydrogen (secondary N) is 1. The van der Waals surface area contributed by atoms with Gasteiger partial charge >= 0.3 is 5.63 Å². The molecule has 31 heavy (non-hydrogen) atoms. The molecule has 0 fully saturated rings. The normalized spacial score (nSPS) is 12.5. The Morgan fingerprint density at radius 2 is 1.71 bits per heavy atom. The number of primary sulfonamides is 1. The number of nitrogens with two attached hydrogens (primary N) is 1. The zero-order chi connectivity index (χ0) is 22.9. The predicted octanol–water partition coefficient (Wildman–Crippen LogP) is 2.45. The molecule has 164 valence electrons. The number of amides is 1. The van der Waals surface area contributed by atoms with E-state index in [-0.39, 0.29) is 17.3 Å². The molecule has 0 spiro atoms. The molecule has 8 nitrogen and oxygen atoms in total. The van der Waals surface area contributed by atoms with Gasteiger partial charge in [-0.2, -0.15) is 0 Å². The fourth-order valence-electron chi connectivity index (χ4n) is 3.13. The lowest BCUT2D eigenvalue weighted by Gasteiger charge is -2.17. The van der Waals surface area contributed by atoms with E-state index in [0.29, 0.717) is 28.0 Å². The summed E-state index contributed by atoms with van der Waals surface area (Å²) in [5, 5.41) is 8.64. The Balaban J connectivity index is 1.71. The Morgan fingerprint density at radius 3 is 2.32 bits per heavy atom. The van der Waals surface area contributed by atoms with E-state index in [9.17, 15) is 18.0 Å². The van der Waals surface area contributed by atoms with E-state index in [1.54, 1.807) is 45.0 Å². The molecule has 3 N–H and O–H groups in total. The average Bonchev–Trinajstić information content (AvgIpc) is 2.72. The number of rotatable bonds is 6. The van der Waals surface area contributed by atoms with Crippen LogP contribution in [0.2, 0.25) is 0 Å². The van der Waals surface area contributed by atoms with Crippen molar-refractivity contribution < 1.29 is 22.4 Å². The van der Waals surface area contributed by atoms with Crippen LogP contribution in [0.5, 0.6) is 5.75 Å². The molecule has 0 saturated heterocycles. The molecule has 0 aliphatic rings. The maximum atomic E-state index is 12.4. The van der Waals surface area contributed by atoms with E-state index in [4.69, 9.17) is 14.3 Å². The standard InChI is InChI=1S/C22H24N2O6S/c1-12-13(2)22(26)30-20-14(3)19(10-9-18(12)20)29-15(4)21(25)24-11-16-5-7-17(8-6-16)31(23,27)28/h5-10,15H,11H2,1-4H3,(H,24,25)(H2,23,27,28)/t15-/m1/s1. The van der Waals surface area contributed by atoms with Gasteiger partial charge in [-0.25, -0.2) is 18.4 Å². The number of carbonyl (C=O) groups is 1. The first-order valence-electron chi connectivity index (χ1n) is 9.58. The summed E-state index contributed by atoms with van der Waals surface area (Å²) in [6, 6.07) is 9.47. The molecule has 3 rings (SSSR count). The molecular weight excluding hydrogens is 420 g/mol. The van der Waals surface area contributed by atoms with Crippen LogP contribution >= 0.6 is 0 Å². The van der Waals surface area contributed by atoms with Crippen molar-refractivity contribution >= 4 is 26.9 Å². The highest BCUT2D eigenvalue weighted by molar-refractivity contribution is 7.89. The zero-order valence-electron chi connectivity index (χ0n) is 17.7. The second-order valence-electron chi connectivity index (χ2n) is 7.37. The zero-order valence-corrected chi connectivity index (χ0v) is 18.5. The van der Waals surface area contributed by atoms with Gasteiger partial charge in [0.1, 0.15) is 11.3 Å². The van der Waals surface area contributed by atoms with E-state index in [2.05, 4.69) is 5.32 Å². The molecule has 9 heteroatoms. The first-order valence-corrected chi connectivity index (χ1v) is 11.1. The molecule has 2 aromatic carbocycles. The molecule has 3 aromatic rings. The van der Waals surface area contributed by atoms with Crippen molar-refractivity contribution in [3.8, 4) is 5.75 Å². The number of hydrogen-bond donors (Lipinski definition) is 2. The van der Waals surface area contributed by atoms with Gasteiger partial charge in [-0.15, -0.1) is 0 Å². The Hall–Kier alpha value is -3.17. The lowest BCUT2D eigenvalue weighted by molar-refractivity contribution is -0.127. The van der Waals surface area contributed by atoms with Gasteiger partial charge in [0.2, 0.25) is 10.0 Å². The van der Waals surface area contributed by atoms with Crippen molar-refractivity contribution in [1.29, 1.82) is 0 Å². The van der Waals surface area contributed by atoms with Gasteiger partial charge in [0, 0.05) is 23.1 Å². The molecule has 1 aromatic heterocycles. The highest BCUT2D eigenvalue weighted by atomic mass is 32.2. The Morgan fingerprint density at radius 1 is 1.06 bits per heavy atom. The summed E-state index contributed by atoms with van der Waals surface area (Å²) < 4.78 is 33.9. The van der Waals surface area contributed by atoms with E-state index < -0.39 is 21.8 Å². The van der Waals surface area contributed by atoms with Crippen LogP contribution in [0.3, 0.4) is 0 Å². The van der Waals surface area contributed by atoms with Crippen molar-refractivity contribution in [3.05, 3.63) is 69.1 Å². The minimum absolute atomic E-state index is 0.00291. The number of aryl methyl sites for hydroxylation is 2. The topological polar surface area (TPSA) is 129 Å². The first-order chi connectivity index (χ1) is 14.5. The van der Waals surface area contributed by atoms with Crippen LogP contribution in [0.4, 0.5) is 0 Å². The average molecular weight is 445 g/mol. The van der Waals surface area contributed by atoms with Gasteiger partial charge < -0.3 is 14.5 Å². The van der Waals surface area contributed by atoms with E-state index in [1.807, 2.05) is 6.92 Å². The second-order valence-corrected chi connectivity index (χ2v) is 8.93. The summed E-state index contributed by atoms with van der Waals surface area (Å²) in [5.41, 5.74) is 2.79. The van der Waals surface area contributed by atoms with Gasteiger partial charge in [-0.05, 0) is 63.1 Å². The predicted molar refractivity (Wildman–Crippen MR) is 116 cm³/mol. The molecule has 0 aliphatic carbocycles. The number of carbonyl (C=O) groups excluding carboxylic acids is 1. The highest BCUT2D eigenvalue weighted by Crippen LogP contribution is 2.29. The third-order valence-electron chi connectivity index (χ3n) is 5.22. The number of hydrogen-bond acceptors (Lipinski definition) is 6. The smallest absolute Gasteiger partial charge is 0.339 e. The van der Waals surface area contributed by atoms with Crippen molar-refractivity contribution in [2.45, 2.75) is 45.2 Å². The molecule has 0 radical (unpaired) electrons. The van der Waals surface area contributed by atoms with E-state index in [1.165, 1.54) is 12.1 Å². The number of benzene rings is 2. The number of ether oxygens (including phenoxy) is 1. The summed E-state index contributed by atoms with van der Waals surface area (Å²) in [5.74, 6) is 0.0932. The third-order valence-corrected chi connectivity index (χ3v) is 6.14. The van der Waals surface area contributed by atoms with Crippen LogP contribution in [0.25, 0.3) is 11.0 Å². The van der Waals surface area contributed by atoms with Crippen molar-refractivity contribution in [2.24, 2.45) is 5.14 Å². The molecule has 0 aliphatic heterocycles. The molecule has 0 bridgehead atoms. The van der Waals surface area contributed by atoms with Gasteiger partial charge in [-0.1, -0.05) is 12.1 Å². The highest BCUT2D eigenvalue weighted by Gasteiger charge is 2.18. The largest absolute Gasteiger partial charge is 0.480 e. The third kappa shape index (κ3) is 4.78.